The zero-order valence-corrected chi connectivity index (χ0v) is 11.9. The number of nitrogen functional groups attached to an aromatic ring is 1. The molecule has 0 bridgehead atoms. The highest BCUT2D eigenvalue weighted by Crippen LogP contribution is 2.23. The van der Waals surface area contributed by atoms with Crippen molar-refractivity contribution in [2.75, 3.05) is 36.3 Å². The third kappa shape index (κ3) is 5.46. The van der Waals surface area contributed by atoms with Crippen LogP contribution in [0.25, 0.3) is 0 Å². The van der Waals surface area contributed by atoms with Gasteiger partial charge >= 0.3 is 0 Å². The van der Waals surface area contributed by atoms with E-state index in [-0.39, 0.29) is 17.4 Å². The smallest absolute Gasteiger partial charge is 0.239 e. The van der Waals surface area contributed by atoms with Gasteiger partial charge in [0.1, 0.15) is 5.75 Å². The van der Waals surface area contributed by atoms with Crippen LogP contribution in [0, 0.1) is 0 Å². The third-order valence-corrected chi connectivity index (χ3v) is 4.02. The summed E-state index contributed by atoms with van der Waals surface area (Å²) in [5, 5.41) is 2.68. The van der Waals surface area contributed by atoms with Gasteiger partial charge in [-0.25, -0.2) is 8.42 Å². The molecule has 8 heteroatoms. The van der Waals surface area contributed by atoms with Gasteiger partial charge in [-0.1, -0.05) is 11.6 Å². The van der Waals surface area contributed by atoms with Crippen LogP contribution in [-0.2, 0) is 19.4 Å². The SMILES string of the molecule is COCCS(=O)(=O)CC(=O)Nc1ccc(N)cc1Cl. The molecule has 0 saturated carbocycles. The molecule has 0 fully saturated rings. The zero-order chi connectivity index (χ0) is 14.5. The number of nitrogens with two attached hydrogens (primary N) is 1. The second kappa shape index (κ2) is 6.74. The molecule has 0 aliphatic carbocycles. The van der Waals surface area contributed by atoms with Gasteiger partial charge in [0.15, 0.2) is 9.84 Å². The largest absolute Gasteiger partial charge is 0.399 e. The Balaban J connectivity index is 2.65. The second-order valence-electron chi connectivity index (χ2n) is 3.87. The number of halogens is 1. The summed E-state index contributed by atoms with van der Waals surface area (Å²) in [6, 6.07) is 4.54. The highest BCUT2D eigenvalue weighted by atomic mass is 35.5. The number of sulfone groups is 1. The molecule has 0 saturated heterocycles. The van der Waals surface area contributed by atoms with Crippen LogP contribution in [0.2, 0.25) is 5.02 Å². The van der Waals surface area contributed by atoms with Gasteiger partial charge in [-0.15, -0.1) is 0 Å². The molecular formula is C11H15ClN2O4S. The van der Waals surface area contributed by atoms with E-state index >= 15 is 0 Å². The third-order valence-electron chi connectivity index (χ3n) is 2.22. The molecule has 0 unspecified atom stereocenters. The summed E-state index contributed by atoms with van der Waals surface area (Å²) in [6.07, 6.45) is 0. The fraction of sp³-hybridized carbons (Fsp3) is 0.364. The Bertz CT molecular complexity index is 560. The van der Waals surface area contributed by atoms with Crippen molar-refractivity contribution in [1.82, 2.24) is 0 Å². The van der Waals surface area contributed by atoms with E-state index < -0.39 is 21.5 Å². The first-order valence-electron chi connectivity index (χ1n) is 5.38. The van der Waals surface area contributed by atoms with Gasteiger partial charge in [-0.05, 0) is 18.2 Å². The zero-order valence-electron chi connectivity index (χ0n) is 10.3. The van der Waals surface area contributed by atoms with Gasteiger partial charge in [0, 0.05) is 12.8 Å². The molecule has 0 atom stereocenters. The van der Waals surface area contributed by atoms with Crippen molar-refractivity contribution in [3.05, 3.63) is 23.2 Å². The number of hydrogen-bond donors (Lipinski definition) is 2. The maximum absolute atomic E-state index is 11.6. The van der Waals surface area contributed by atoms with Crippen LogP contribution >= 0.6 is 11.6 Å². The Morgan fingerprint density at radius 3 is 2.74 bits per heavy atom. The van der Waals surface area contributed by atoms with Crippen molar-refractivity contribution in [3.63, 3.8) is 0 Å². The fourth-order valence-electron chi connectivity index (χ4n) is 1.30. The van der Waals surface area contributed by atoms with E-state index in [0.717, 1.165) is 0 Å². The fourth-order valence-corrected chi connectivity index (χ4v) is 2.57. The number of anilines is 2. The molecule has 0 heterocycles. The van der Waals surface area contributed by atoms with Crippen LogP contribution in [0.4, 0.5) is 11.4 Å². The number of carbonyl (C=O) groups is 1. The predicted octanol–water partition coefficient (Wildman–Crippen LogP) is 0.922. The first kappa shape index (κ1) is 15.7. The van der Waals surface area contributed by atoms with Crippen LogP contribution < -0.4 is 11.1 Å². The molecule has 0 spiro atoms. The average Bonchev–Trinajstić information content (AvgIpc) is 2.29. The molecule has 0 aromatic heterocycles. The number of hydrogen-bond acceptors (Lipinski definition) is 5. The number of methoxy groups -OCH3 is 1. The summed E-state index contributed by atoms with van der Waals surface area (Å²) in [7, 11) is -2.10. The summed E-state index contributed by atoms with van der Waals surface area (Å²) in [5.74, 6) is -1.47. The van der Waals surface area contributed by atoms with E-state index in [0.29, 0.717) is 11.4 Å². The number of amides is 1. The van der Waals surface area contributed by atoms with Gasteiger partial charge in [-0.2, -0.15) is 0 Å². The van der Waals surface area contributed by atoms with E-state index in [1.807, 2.05) is 0 Å². The van der Waals surface area contributed by atoms with E-state index in [9.17, 15) is 13.2 Å². The van der Waals surface area contributed by atoms with Gasteiger partial charge in [0.2, 0.25) is 5.91 Å². The highest BCUT2D eigenvalue weighted by Gasteiger charge is 2.17. The number of ether oxygens (including phenoxy) is 1. The normalized spacial score (nSPS) is 11.3. The lowest BCUT2D eigenvalue weighted by Gasteiger charge is -2.08. The molecule has 1 rings (SSSR count). The van der Waals surface area contributed by atoms with Crippen molar-refractivity contribution < 1.29 is 17.9 Å². The minimum atomic E-state index is -3.49. The van der Waals surface area contributed by atoms with E-state index in [1.165, 1.54) is 19.2 Å². The lowest BCUT2D eigenvalue weighted by Crippen LogP contribution is -2.26. The molecular weight excluding hydrogens is 292 g/mol. The lowest BCUT2D eigenvalue weighted by atomic mass is 10.3. The monoisotopic (exact) mass is 306 g/mol. The molecule has 3 N–H and O–H groups in total. The molecule has 0 aliphatic heterocycles. The van der Waals surface area contributed by atoms with Crippen LogP contribution in [0.1, 0.15) is 0 Å². The summed E-state index contributed by atoms with van der Waals surface area (Å²) in [4.78, 5) is 11.6. The van der Waals surface area contributed by atoms with Crippen molar-refractivity contribution in [3.8, 4) is 0 Å². The number of nitrogens with one attached hydrogen (secondary N) is 1. The number of rotatable bonds is 6. The average molecular weight is 307 g/mol. The molecule has 1 amide bonds. The van der Waals surface area contributed by atoms with Gasteiger partial charge in [0.05, 0.1) is 23.1 Å². The predicted molar refractivity (Wildman–Crippen MR) is 75.0 cm³/mol. The van der Waals surface area contributed by atoms with E-state index in [2.05, 4.69) is 10.1 Å². The molecule has 106 valence electrons. The van der Waals surface area contributed by atoms with Crippen molar-refractivity contribution in [2.24, 2.45) is 0 Å². The topological polar surface area (TPSA) is 98.5 Å². The molecule has 0 aliphatic rings. The number of benzene rings is 1. The van der Waals surface area contributed by atoms with Gasteiger partial charge < -0.3 is 15.8 Å². The maximum Gasteiger partial charge on any atom is 0.239 e. The molecule has 19 heavy (non-hydrogen) atoms. The van der Waals surface area contributed by atoms with Crippen LogP contribution in [-0.4, -0.2) is 39.5 Å². The van der Waals surface area contributed by atoms with Crippen molar-refractivity contribution >= 4 is 38.7 Å². The summed E-state index contributed by atoms with van der Waals surface area (Å²) in [5.41, 5.74) is 6.28. The first-order valence-corrected chi connectivity index (χ1v) is 7.58. The lowest BCUT2D eigenvalue weighted by molar-refractivity contribution is -0.113. The Labute approximate surface area is 116 Å². The Kier molecular flexibility index (Phi) is 5.59. The Hall–Kier alpha value is -1.31. The highest BCUT2D eigenvalue weighted by molar-refractivity contribution is 7.92. The van der Waals surface area contributed by atoms with Crippen molar-refractivity contribution in [1.29, 1.82) is 0 Å². The van der Waals surface area contributed by atoms with Crippen molar-refractivity contribution in [2.45, 2.75) is 0 Å². The first-order chi connectivity index (χ1) is 8.84. The van der Waals surface area contributed by atoms with E-state index in [4.69, 9.17) is 17.3 Å². The summed E-state index contributed by atoms with van der Waals surface area (Å²) < 4.78 is 27.7. The Morgan fingerprint density at radius 2 is 2.16 bits per heavy atom. The second-order valence-corrected chi connectivity index (χ2v) is 6.46. The molecule has 1 aromatic carbocycles. The van der Waals surface area contributed by atoms with Crippen LogP contribution in [0.15, 0.2) is 18.2 Å². The molecule has 0 radical (unpaired) electrons. The van der Waals surface area contributed by atoms with E-state index in [1.54, 1.807) is 6.07 Å². The van der Waals surface area contributed by atoms with Gasteiger partial charge in [0.25, 0.3) is 0 Å². The maximum atomic E-state index is 11.6. The van der Waals surface area contributed by atoms with Gasteiger partial charge in [-0.3, -0.25) is 4.79 Å². The molecule has 6 nitrogen and oxygen atoms in total. The minimum Gasteiger partial charge on any atom is -0.399 e. The summed E-state index contributed by atoms with van der Waals surface area (Å²) >= 11 is 5.86. The Morgan fingerprint density at radius 1 is 1.47 bits per heavy atom. The summed E-state index contributed by atoms with van der Waals surface area (Å²) in [6.45, 7) is 0.0538. The number of carbonyl (C=O) groups excluding carboxylic acids is 1. The quantitative estimate of drug-likeness (QED) is 0.762. The standard InChI is InChI=1S/C11H15ClN2O4S/c1-18-4-5-19(16,17)7-11(15)14-10-3-2-8(13)6-9(10)12/h2-3,6H,4-5,7,13H2,1H3,(H,14,15). The van der Waals surface area contributed by atoms with Crippen LogP contribution in [0.3, 0.4) is 0 Å². The minimum absolute atomic E-state index is 0.0538. The van der Waals surface area contributed by atoms with Crippen LogP contribution in [0.5, 0.6) is 0 Å². The molecule has 1 aromatic rings.